The molecule has 0 saturated heterocycles. The van der Waals surface area contributed by atoms with Crippen LogP contribution in [0.3, 0.4) is 0 Å². The molecule has 2 N–H and O–H groups in total. The van der Waals surface area contributed by atoms with Crippen LogP contribution in [0.5, 0.6) is 0 Å². The summed E-state index contributed by atoms with van der Waals surface area (Å²) < 4.78 is 2.60. The first-order valence-corrected chi connectivity index (χ1v) is 8.95. The van der Waals surface area contributed by atoms with Gasteiger partial charge < -0.3 is 10.3 Å². The molecule has 2 heteroatoms. The van der Waals surface area contributed by atoms with Gasteiger partial charge >= 0.3 is 0 Å². The zero-order valence-electron chi connectivity index (χ0n) is 14.1. The Bertz CT molecular complexity index is 478. The van der Waals surface area contributed by atoms with Gasteiger partial charge in [0, 0.05) is 24.0 Å². The number of fused-ring (bicyclic) bond motifs is 1. The molecule has 1 fully saturated rings. The fraction of sp³-hybridized carbons (Fsp3) is 0.789. The van der Waals surface area contributed by atoms with Gasteiger partial charge in [-0.3, -0.25) is 0 Å². The first-order valence-electron chi connectivity index (χ1n) is 8.95. The second kappa shape index (κ2) is 5.79. The van der Waals surface area contributed by atoms with Crippen molar-refractivity contribution in [1.29, 1.82) is 0 Å². The third-order valence-electron chi connectivity index (χ3n) is 5.78. The van der Waals surface area contributed by atoms with Crippen molar-refractivity contribution < 1.29 is 0 Å². The van der Waals surface area contributed by atoms with Gasteiger partial charge in [0.25, 0.3) is 0 Å². The van der Waals surface area contributed by atoms with Gasteiger partial charge in [-0.25, -0.2) is 0 Å². The summed E-state index contributed by atoms with van der Waals surface area (Å²) in [5.74, 6) is 0.983. The molecule has 3 rings (SSSR count). The summed E-state index contributed by atoms with van der Waals surface area (Å²) in [6.45, 7) is 7.05. The highest BCUT2D eigenvalue weighted by Crippen LogP contribution is 2.43. The van der Waals surface area contributed by atoms with Gasteiger partial charge in [-0.15, -0.1) is 0 Å². The Balaban J connectivity index is 1.76. The van der Waals surface area contributed by atoms with Crippen LogP contribution in [0, 0.1) is 11.3 Å². The lowest BCUT2D eigenvalue weighted by Gasteiger charge is -2.37. The quantitative estimate of drug-likeness (QED) is 0.834. The summed E-state index contributed by atoms with van der Waals surface area (Å²) in [4.78, 5) is 0. The number of nitrogens with zero attached hydrogens (tertiary/aromatic N) is 1. The van der Waals surface area contributed by atoms with E-state index in [-0.39, 0.29) is 6.04 Å². The molecule has 1 aromatic rings. The summed E-state index contributed by atoms with van der Waals surface area (Å²) in [5, 5.41) is 0. The number of hydrogen-bond donors (Lipinski definition) is 1. The normalized spacial score (nSPS) is 31.9. The van der Waals surface area contributed by atoms with Gasteiger partial charge in [0.05, 0.1) is 0 Å². The fourth-order valence-electron chi connectivity index (χ4n) is 4.72. The van der Waals surface area contributed by atoms with E-state index < -0.39 is 0 Å². The Kier molecular flexibility index (Phi) is 4.18. The van der Waals surface area contributed by atoms with E-state index in [4.69, 9.17) is 5.73 Å². The van der Waals surface area contributed by atoms with Gasteiger partial charge in [0.1, 0.15) is 0 Å². The van der Waals surface area contributed by atoms with Crippen LogP contribution in [0.4, 0.5) is 0 Å². The average Bonchev–Trinajstić information content (AvgIpc) is 2.82. The second-order valence-electron chi connectivity index (χ2n) is 8.24. The van der Waals surface area contributed by atoms with Crippen LogP contribution in [-0.4, -0.2) is 4.57 Å². The van der Waals surface area contributed by atoms with E-state index in [9.17, 15) is 0 Å². The van der Waals surface area contributed by atoms with Gasteiger partial charge in [-0.05, 0) is 61.5 Å². The molecule has 1 aromatic heterocycles. The Hall–Kier alpha value is -0.760. The lowest BCUT2D eigenvalue weighted by Crippen LogP contribution is -2.31. The number of rotatable bonds is 3. The molecule has 21 heavy (non-hydrogen) atoms. The lowest BCUT2D eigenvalue weighted by molar-refractivity contribution is 0.240. The maximum absolute atomic E-state index is 6.41. The van der Waals surface area contributed by atoms with E-state index in [1.165, 1.54) is 56.2 Å². The average molecular weight is 288 g/mol. The molecule has 2 nitrogen and oxygen atoms in total. The summed E-state index contributed by atoms with van der Waals surface area (Å²) in [6.07, 6.45) is 13.0. The van der Waals surface area contributed by atoms with Gasteiger partial charge in [-0.2, -0.15) is 0 Å². The van der Waals surface area contributed by atoms with E-state index >= 15 is 0 Å². The third-order valence-corrected chi connectivity index (χ3v) is 5.78. The molecule has 0 aliphatic heterocycles. The smallest absolute Gasteiger partial charge is 0.0333 e. The summed E-state index contributed by atoms with van der Waals surface area (Å²) in [7, 11) is 0. The minimum absolute atomic E-state index is 0.237. The van der Waals surface area contributed by atoms with Crippen molar-refractivity contribution in [3.63, 3.8) is 0 Å². The summed E-state index contributed by atoms with van der Waals surface area (Å²) in [5.41, 5.74) is 9.72. The largest absolute Gasteiger partial charge is 0.348 e. The van der Waals surface area contributed by atoms with E-state index in [2.05, 4.69) is 37.6 Å². The van der Waals surface area contributed by atoms with Crippen molar-refractivity contribution in [2.75, 3.05) is 0 Å². The molecular formula is C19H32N2. The summed E-state index contributed by atoms with van der Waals surface area (Å²) >= 11 is 0. The fourth-order valence-corrected chi connectivity index (χ4v) is 4.72. The minimum Gasteiger partial charge on any atom is -0.348 e. The molecule has 0 aromatic carbocycles. The monoisotopic (exact) mass is 288 g/mol. The van der Waals surface area contributed by atoms with E-state index in [1.807, 2.05) is 0 Å². The van der Waals surface area contributed by atoms with Crippen molar-refractivity contribution in [3.05, 3.63) is 23.5 Å². The maximum Gasteiger partial charge on any atom is 0.0333 e. The molecular weight excluding hydrogens is 256 g/mol. The standard InChI is InChI=1S/C19H32N2/c1-4-5-14-6-8-15(9-7-14)21-11-10-16-17(20)12-19(2,3)13-18(16)21/h10-11,14-15,17H,4-9,12-13,20H2,1-3H3. The SMILES string of the molecule is CCCC1CCC(n2ccc3c2CC(C)(C)CC3N)CC1. The van der Waals surface area contributed by atoms with Crippen molar-refractivity contribution in [2.24, 2.45) is 17.1 Å². The minimum atomic E-state index is 0.237. The van der Waals surface area contributed by atoms with Crippen LogP contribution in [-0.2, 0) is 6.42 Å². The first-order chi connectivity index (χ1) is 10.00. The Morgan fingerprint density at radius 3 is 2.62 bits per heavy atom. The number of nitrogens with two attached hydrogens (primary N) is 1. The zero-order valence-corrected chi connectivity index (χ0v) is 14.1. The lowest BCUT2D eigenvalue weighted by atomic mass is 9.74. The topological polar surface area (TPSA) is 30.9 Å². The van der Waals surface area contributed by atoms with Crippen LogP contribution < -0.4 is 5.73 Å². The van der Waals surface area contributed by atoms with Crippen LogP contribution in [0.15, 0.2) is 12.3 Å². The van der Waals surface area contributed by atoms with Gasteiger partial charge in [0.2, 0.25) is 0 Å². The molecule has 0 spiro atoms. The van der Waals surface area contributed by atoms with Crippen molar-refractivity contribution in [3.8, 4) is 0 Å². The number of hydrogen-bond acceptors (Lipinski definition) is 1. The predicted octanol–water partition coefficient (Wildman–Crippen LogP) is 4.99. The highest BCUT2D eigenvalue weighted by Gasteiger charge is 2.34. The summed E-state index contributed by atoms with van der Waals surface area (Å²) in [6, 6.07) is 3.26. The van der Waals surface area contributed by atoms with Crippen LogP contribution in [0.2, 0.25) is 0 Å². The molecule has 2 aliphatic rings. The van der Waals surface area contributed by atoms with Crippen LogP contribution >= 0.6 is 0 Å². The highest BCUT2D eigenvalue weighted by molar-refractivity contribution is 5.30. The van der Waals surface area contributed by atoms with Gasteiger partial charge in [-0.1, -0.05) is 33.6 Å². The third kappa shape index (κ3) is 3.06. The molecule has 0 amide bonds. The maximum atomic E-state index is 6.41. The molecule has 2 aliphatic carbocycles. The van der Waals surface area contributed by atoms with Crippen LogP contribution in [0.25, 0.3) is 0 Å². The molecule has 118 valence electrons. The predicted molar refractivity (Wildman–Crippen MR) is 89.4 cm³/mol. The van der Waals surface area contributed by atoms with Crippen molar-refractivity contribution in [1.82, 2.24) is 4.57 Å². The Morgan fingerprint density at radius 1 is 1.24 bits per heavy atom. The van der Waals surface area contributed by atoms with E-state index in [0.717, 1.165) is 18.4 Å². The highest BCUT2D eigenvalue weighted by atomic mass is 15.0. The van der Waals surface area contributed by atoms with E-state index in [0.29, 0.717) is 5.41 Å². The second-order valence-corrected chi connectivity index (χ2v) is 8.24. The van der Waals surface area contributed by atoms with Crippen LogP contribution in [0.1, 0.15) is 89.1 Å². The number of aromatic nitrogens is 1. The molecule has 1 heterocycles. The Morgan fingerprint density at radius 2 is 1.95 bits per heavy atom. The molecule has 1 saturated carbocycles. The van der Waals surface area contributed by atoms with Crippen molar-refractivity contribution >= 4 is 0 Å². The zero-order chi connectivity index (χ0) is 15.0. The van der Waals surface area contributed by atoms with Crippen molar-refractivity contribution in [2.45, 2.75) is 84.2 Å². The first kappa shape index (κ1) is 15.1. The molecule has 0 bridgehead atoms. The molecule has 0 radical (unpaired) electrons. The molecule has 1 unspecified atom stereocenters. The van der Waals surface area contributed by atoms with E-state index in [1.54, 1.807) is 0 Å². The Labute approximate surface area is 130 Å². The van der Waals surface area contributed by atoms with Gasteiger partial charge in [0.15, 0.2) is 0 Å². The molecule has 1 atom stereocenters.